The molecule has 0 N–H and O–H groups in total. The van der Waals surface area contributed by atoms with E-state index in [-0.39, 0.29) is 0 Å². The molecule has 4 nitrogen and oxygen atoms in total. The number of benzene rings is 8. The van der Waals surface area contributed by atoms with Gasteiger partial charge < -0.3 is 4.42 Å². The second-order valence-corrected chi connectivity index (χ2v) is 12.4. The first-order valence-corrected chi connectivity index (χ1v) is 16.4. The Kier molecular flexibility index (Phi) is 6.15. The molecule has 49 heavy (non-hydrogen) atoms. The van der Waals surface area contributed by atoms with Gasteiger partial charge in [-0.2, -0.15) is 0 Å². The normalized spacial score (nSPS) is 11.7. The summed E-state index contributed by atoms with van der Waals surface area (Å²) in [5.74, 6) is 1.84. The van der Waals surface area contributed by atoms with Crippen molar-refractivity contribution < 1.29 is 4.42 Å². The van der Waals surface area contributed by atoms with Crippen molar-refractivity contribution in [1.82, 2.24) is 15.0 Å². The fourth-order valence-electron chi connectivity index (χ4n) is 7.18. The molecule has 10 aromatic rings. The smallest absolute Gasteiger partial charge is 0.164 e. The van der Waals surface area contributed by atoms with E-state index in [0.717, 1.165) is 76.7 Å². The van der Waals surface area contributed by atoms with Gasteiger partial charge in [0, 0.05) is 32.8 Å². The largest absolute Gasteiger partial charge is 0.455 e. The second kappa shape index (κ2) is 11.0. The Morgan fingerprint density at radius 3 is 1.65 bits per heavy atom. The van der Waals surface area contributed by atoms with E-state index < -0.39 is 0 Å². The van der Waals surface area contributed by atoms with E-state index in [1.165, 1.54) is 5.39 Å². The van der Waals surface area contributed by atoms with Crippen LogP contribution in [-0.2, 0) is 0 Å². The van der Waals surface area contributed by atoms with Crippen molar-refractivity contribution in [2.24, 2.45) is 0 Å². The van der Waals surface area contributed by atoms with Gasteiger partial charge >= 0.3 is 0 Å². The van der Waals surface area contributed by atoms with Gasteiger partial charge in [-0.1, -0.05) is 146 Å². The van der Waals surface area contributed by atoms with Gasteiger partial charge in [-0.05, 0) is 56.3 Å². The topological polar surface area (TPSA) is 51.8 Å². The van der Waals surface area contributed by atoms with Gasteiger partial charge in [-0.15, -0.1) is 0 Å². The molecule has 0 radical (unpaired) electrons. The minimum atomic E-state index is 0.602. The Hall–Kier alpha value is -6.65. The van der Waals surface area contributed by atoms with Crippen LogP contribution in [0.2, 0.25) is 0 Å². The van der Waals surface area contributed by atoms with Gasteiger partial charge in [0.05, 0.1) is 0 Å². The summed E-state index contributed by atoms with van der Waals surface area (Å²) < 4.78 is 6.87. The average molecular weight is 626 g/mol. The van der Waals surface area contributed by atoms with Gasteiger partial charge in [-0.3, -0.25) is 0 Å². The highest BCUT2D eigenvalue weighted by atomic mass is 16.3. The van der Waals surface area contributed by atoms with Crippen molar-refractivity contribution in [3.8, 4) is 45.3 Å². The number of hydrogen-bond acceptors (Lipinski definition) is 4. The Labute approximate surface area is 282 Å². The van der Waals surface area contributed by atoms with Gasteiger partial charge in [0.1, 0.15) is 11.2 Å². The fourth-order valence-corrected chi connectivity index (χ4v) is 7.18. The minimum absolute atomic E-state index is 0.602. The van der Waals surface area contributed by atoms with Gasteiger partial charge in [0.25, 0.3) is 0 Å². The maximum absolute atomic E-state index is 6.87. The molecule has 0 saturated carbocycles. The SMILES string of the molecule is c1ccc(-c2cccc(-c3nc(-c4ccccc4)nc(-c4cc5ccc6ccccc6c5c5oc6ccc7ccccc7c6c45)n3)c2)cc1. The molecule has 10 rings (SSSR count). The number of rotatable bonds is 4. The monoisotopic (exact) mass is 625 g/mol. The highest BCUT2D eigenvalue weighted by Gasteiger charge is 2.22. The minimum Gasteiger partial charge on any atom is -0.455 e. The quantitative estimate of drug-likeness (QED) is 0.183. The summed E-state index contributed by atoms with van der Waals surface area (Å²) >= 11 is 0. The first-order valence-electron chi connectivity index (χ1n) is 16.4. The van der Waals surface area contributed by atoms with Crippen LogP contribution in [0, 0.1) is 0 Å². The van der Waals surface area contributed by atoms with Crippen LogP contribution >= 0.6 is 0 Å². The maximum atomic E-state index is 6.87. The summed E-state index contributed by atoms with van der Waals surface area (Å²) in [5.41, 5.74) is 6.68. The molecule has 0 aliphatic rings. The zero-order chi connectivity index (χ0) is 32.3. The standard InChI is InChI=1S/C45H27N3O/c1-3-12-28(13-4-1)32-18-11-19-34(26-32)44-46-43(31-16-5-2-6-17-31)47-45(48-44)37-27-33-23-22-29-14-7-9-20-35(29)39(33)42-41(37)40-36-21-10-8-15-30(36)24-25-38(40)49-42/h1-27H. The molecule has 0 spiro atoms. The molecular formula is C45H27N3O. The number of aromatic nitrogens is 3. The van der Waals surface area contributed by atoms with E-state index in [9.17, 15) is 0 Å². The van der Waals surface area contributed by atoms with Crippen molar-refractivity contribution >= 4 is 54.3 Å². The summed E-state index contributed by atoms with van der Waals surface area (Å²) in [7, 11) is 0. The van der Waals surface area contributed by atoms with E-state index >= 15 is 0 Å². The Bertz CT molecular complexity index is 2880. The van der Waals surface area contributed by atoms with Crippen molar-refractivity contribution in [2.45, 2.75) is 0 Å². The molecule has 0 fully saturated rings. The van der Waals surface area contributed by atoms with E-state index in [1.807, 2.05) is 36.4 Å². The van der Waals surface area contributed by atoms with E-state index in [1.54, 1.807) is 0 Å². The van der Waals surface area contributed by atoms with Crippen molar-refractivity contribution in [3.63, 3.8) is 0 Å². The first kappa shape index (κ1) is 27.5. The molecule has 0 amide bonds. The van der Waals surface area contributed by atoms with E-state index in [2.05, 4.69) is 127 Å². The number of fused-ring (bicyclic) bond motifs is 9. The summed E-state index contributed by atoms with van der Waals surface area (Å²) in [6, 6.07) is 56.8. The molecule has 8 aromatic carbocycles. The highest BCUT2D eigenvalue weighted by Crippen LogP contribution is 2.45. The third-order valence-electron chi connectivity index (χ3n) is 9.47. The fraction of sp³-hybridized carbons (Fsp3) is 0. The Morgan fingerprint density at radius 2 is 0.898 bits per heavy atom. The van der Waals surface area contributed by atoms with E-state index in [4.69, 9.17) is 19.4 Å². The van der Waals surface area contributed by atoms with Crippen LogP contribution in [0.4, 0.5) is 0 Å². The number of nitrogens with zero attached hydrogens (tertiary/aromatic N) is 3. The number of furan rings is 1. The summed E-state index contributed by atoms with van der Waals surface area (Å²) in [6.45, 7) is 0. The molecule has 2 aromatic heterocycles. The van der Waals surface area contributed by atoms with Crippen molar-refractivity contribution in [3.05, 3.63) is 164 Å². The van der Waals surface area contributed by atoms with Gasteiger partial charge in [0.2, 0.25) is 0 Å². The Morgan fingerprint density at radius 1 is 0.347 bits per heavy atom. The molecule has 228 valence electrons. The van der Waals surface area contributed by atoms with Crippen molar-refractivity contribution in [1.29, 1.82) is 0 Å². The van der Waals surface area contributed by atoms with Crippen LogP contribution in [0.3, 0.4) is 0 Å². The van der Waals surface area contributed by atoms with Crippen molar-refractivity contribution in [2.75, 3.05) is 0 Å². The van der Waals surface area contributed by atoms with E-state index in [0.29, 0.717) is 17.5 Å². The molecule has 0 aliphatic heterocycles. The Balaban J connectivity index is 1.32. The van der Waals surface area contributed by atoms with Gasteiger partial charge in [-0.25, -0.2) is 15.0 Å². The predicted molar refractivity (Wildman–Crippen MR) is 201 cm³/mol. The van der Waals surface area contributed by atoms with Gasteiger partial charge in [0.15, 0.2) is 17.5 Å². The van der Waals surface area contributed by atoms with Crippen LogP contribution in [0.25, 0.3) is 99.5 Å². The van der Waals surface area contributed by atoms with Crippen LogP contribution in [-0.4, -0.2) is 15.0 Å². The lowest BCUT2D eigenvalue weighted by Crippen LogP contribution is -2.01. The summed E-state index contributed by atoms with van der Waals surface area (Å²) in [4.78, 5) is 15.5. The lowest BCUT2D eigenvalue weighted by Gasteiger charge is -2.12. The lowest BCUT2D eigenvalue weighted by molar-refractivity contribution is 0.673. The van der Waals surface area contributed by atoms with Crippen LogP contribution in [0.5, 0.6) is 0 Å². The maximum Gasteiger partial charge on any atom is 0.164 e. The zero-order valence-corrected chi connectivity index (χ0v) is 26.3. The summed E-state index contributed by atoms with van der Waals surface area (Å²) in [6.07, 6.45) is 0. The molecule has 2 heterocycles. The van der Waals surface area contributed by atoms with Crippen LogP contribution in [0.15, 0.2) is 168 Å². The van der Waals surface area contributed by atoms with Crippen LogP contribution in [0.1, 0.15) is 0 Å². The molecular weight excluding hydrogens is 599 g/mol. The third-order valence-corrected chi connectivity index (χ3v) is 9.47. The molecule has 0 bridgehead atoms. The molecule has 0 unspecified atom stereocenters. The predicted octanol–water partition coefficient (Wildman–Crippen LogP) is 11.9. The summed E-state index contributed by atoms with van der Waals surface area (Å²) in [5, 5.41) is 8.83. The third kappa shape index (κ3) is 4.49. The van der Waals surface area contributed by atoms with Crippen LogP contribution < -0.4 is 0 Å². The molecule has 0 saturated heterocycles. The molecule has 0 aliphatic carbocycles. The highest BCUT2D eigenvalue weighted by molar-refractivity contribution is 6.30. The average Bonchev–Trinajstić information content (AvgIpc) is 3.58. The molecule has 0 atom stereocenters. The zero-order valence-electron chi connectivity index (χ0n) is 26.3. The molecule has 4 heteroatoms. The number of hydrogen-bond donors (Lipinski definition) is 0. The second-order valence-electron chi connectivity index (χ2n) is 12.4. The first-order chi connectivity index (χ1) is 24.3. The lowest BCUT2D eigenvalue weighted by atomic mass is 9.94.